The third-order valence-corrected chi connectivity index (χ3v) is 8.86. The van der Waals surface area contributed by atoms with E-state index in [1.807, 2.05) is 65.1 Å². The summed E-state index contributed by atoms with van der Waals surface area (Å²) in [6.07, 6.45) is 7.26. The van der Waals surface area contributed by atoms with Crippen LogP contribution in [0.4, 0.5) is 17.3 Å². The van der Waals surface area contributed by atoms with Crippen molar-refractivity contribution in [2.24, 2.45) is 5.41 Å². The smallest absolute Gasteiger partial charge is 0.315 e. The molecule has 0 unspecified atom stereocenters. The van der Waals surface area contributed by atoms with Gasteiger partial charge in [-0.3, -0.25) is 4.79 Å². The zero-order chi connectivity index (χ0) is 30.9. The second kappa shape index (κ2) is 12.0. The van der Waals surface area contributed by atoms with Gasteiger partial charge in [0.1, 0.15) is 18.0 Å². The Balaban J connectivity index is 1.08. The number of nitrogens with zero attached hydrogens (tertiary/aromatic N) is 6. The van der Waals surface area contributed by atoms with Crippen molar-refractivity contribution < 1.29 is 9.32 Å². The van der Waals surface area contributed by atoms with Gasteiger partial charge >= 0.3 is 11.8 Å². The van der Waals surface area contributed by atoms with Crippen molar-refractivity contribution in [3.8, 4) is 11.3 Å². The zero-order valence-corrected chi connectivity index (χ0v) is 26.1. The quantitative estimate of drug-likeness (QED) is 0.257. The lowest BCUT2D eigenvalue weighted by Gasteiger charge is -2.39. The molecule has 3 N–H and O–H groups in total. The first-order valence-corrected chi connectivity index (χ1v) is 15.4. The van der Waals surface area contributed by atoms with Crippen LogP contribution in [-0.2, 0) is 5.41 Å². The number of nitrogens with one attached hydrogen (secondary N) is 3. The fourth-order valence-electron chi connectivity index (χ4n) is 6.10. The summed E-state index contributed by atoms with van der Waals surface area (Å²) in [5, 5.41) is 13.8. The van der Waals surface area contributed by atoms with E-state index >= 15 is 0 Å². The molecule has 6 rings (SSSR count). The molecule has 0 aliphatic carbocycles. The van der Waals surface area contributed by atoms with Crippen LogP contribution in [0.3, 0.4) is 0 Å². The van der Waals surface area contributed by atoms with Crippen LogP contribution < -0.4 is 20.9 Å². The molecule has 11 nitrogen and oxygen atoms in total. The van der Waals surface area contributed by atoms with Gasteiger partial charge in [0.15, 0.2) is 5.82 Å². The van der Waals surface area contributed by atoms with Gasteiger partial charge in [0.25, 0.3) is 0 Å². The Morgan fingerprint density at radius 3 is 2.52 bits per heavy atom. The third kappa shape index (κ3) is 6.42. The van der Waals surface area contributed by atoms with Crippen molar-refractivity contribution in [1.29, 1.82) is 0 Å². The molecule has 1 atom stereocenters. The molecular formula is C33H41N9O2. The van der Waals surface area contributed by atoms with Crippen LogP contribution in [0.1, 0.15) is 80.6 Å². The van der Waals surface area contributed by atoms with Crippen molar-refractivity contribution in [1.82, 2.24) is 35.7 Å². The lowest BCUT2D eigenvalue weighted by Crippen LogP contribution is -2.41. The van der Waals surface area contributed by atoms with E-state index in [0.717, 1.165) is 60.1 Å². The van der Waals surface area contributed by atoms with E-state index in [9.17, 15) is 4.79 Å². The number of amides is 1. The average Bonchev–Trinajstić information content (AvgIpc) is 3.69. The number of hydrogen-bond acceptors (Lipinski definition) is 10. The standard InChI is InChI=1S/C33H41N9O2/c1-21-16-23(6-8-25(21)22(2)38-29(43)30-40-31(41-44-30)32(3,4)5)26-17-28(37-20-36-26)39-27-9-7-24(18-35-27)42-14-11-33(12-15-42)10-13-34-19-33/h6-9,16-18,20,22,34H,10-15,19H2,1-5H3,(H,38,43)(H,35,36,37,39)/t22-/m1/s1. The monoisotopic (exact) mass is 595 g/mol. The Kier molecular flexibility index (Phi) is 8.06. The minimum absolute atomic E-state index is 0.0392. The first-order chi connectivity index (χ1) is 21.1. The Hall–Kier alpha value is -4.38. The molecule has 3 aromatic heterocycles. The molecule has 4 aromatic rings. The molecule has 1 amide bonds. The fourth-order valence-corrected chi connectivity index (χ4v) is 6.10. The largest absolute Gasteiger partial charge is 0.370 e. The maximum atomic E-state index is 12.8. The van der Waals surface area contributed by atoms with Crippen LogP contribution >= 0.6 is 0 Å². The van der Waals surface area contributed by atoms with E-state index in [4.69, 9.17) is 4.52 Å². The summed E-state index contributed by atoms with van der Waals surface area (Å²) < 4.78 is 5.20. The van der Waals surface area contributed by atoms with Crippen molar-refractivity contribution in [2.45, 2.75) is 65.3 Å². The summed E-state index contributed by atoms with van der Waals surface area (Å²) in [7, 11) is 0. The lowest BCUT2D eigenvalue weighted by molar-refractivity contribution is 0.0895. The van der Waals surface area contributed by atoms with E-state index in [1.165, 1.54) is 19.3 Å². The topological polar surface area (TPSA) is 134 Å². The molecule has 44 heavy (non-hydrogen) atoms. The number of pyridine rings is 1. The van der Waals surface area contributed by atoms with Gasteiger partial charge in [0.05, 0.1) is 23.6 Å². The number of hydrogen-bond donors (Lipinski definition) is 3. The predicted molar refractivity (Wildman–Crippen MR) is 170 cm³/mol. The lowest BCUT2D eigenvalue weighted by atomic mass is 9.78. The molecule has 0 radical (unpaired) electrons. The number of benzene rings is 1. The first-order valence-electron chi connectivity index (χ1n) is 15.4. The van der Waals surface area contributed by atoms with E-state index in [2.05, 4.69) is 58.1 Å². The second-order valence-corrected chi connectivity index (χ2v) is 13.2. The highest BCUT2D eigenvalue weighted by Crippen LogP contribution is 2.38. The van der Waals surface area contributed by atoms with E-state index in [-0.39, 0.29) is 17.3 Å². The highest BCUT2D eigenvalue weighted by Gasteiger charge is 2.37. The van der Waals surface area contributed by atoms with E-state index in [1.54, 1.807) is 6.33 Å². The Bertz CT molecular complexity index is 1610. The van der Waals surface area contributed by atoms with E-state index in [0.29, 0.717) is 17.1 Å². The highest BCUT2D eigenvalue weighted by molar-refractivity contribution is 5.89. The number of piperidine rings is 1. The number of carbonyl (C=O) groups is 1. The van der Waals surface area contributed by atoms with Crippen molar-refractivity contribution in [3.63, 3.8) is 0 Å². The second-order valence-electron chi connectivity index (χ2n) is 13.2. The molecule has 230 valence electrons. The summed E-state index contributed by atoms with van der Waals surface area (Å²) in [6, 6.07) is 11.9. The number of rotatable bonds is 7. The van der Waals surface area contributed by atoms with Gasteiger partial charge in [-0.2, -0.15) is 4.98 Å². The van der Waals surface area contributed by atoms with Gasteiger partial charge in [-0.15, -0.1) is 0 Å². The molecule has 2 saturated heterocycles. The van der Waals surface area contributed by atoms with Crippen molar-refractivity contribution >= 4 is 23.2 Å². The Labute approximate surface area is 258 Å². The SMILES string of the molecule is Cc1cc(-c2cc(Nc3ccc(N4CCC5(CCNC5)CC4)cn3)ncn2)ccc1[C@@H](C)NC(=O)c1nc(C(C)(C)C)no1. The molecule has 5 heterocycles. The maximum absolute atomic E-state index is 12.8. The summed E-state index contributed by atoms with van der Waals surface area (Å²) in [6.45, 7) is 14.3. The van der Waals surface area contributed by atoms with Gasteiger partial charge in [-0.25, -0.2) is 15.0 Å². The summed E-state index contributed by atoms with van der Waals surface area (Å²) in [5.41, 5.74) is 5.10. The number of aryl methyl sites for hydroxylation is 1. The van der Waals surface area contributed by atoms with Gasteiger partial charge in [0, 0.05) is 36.7 Å². The molecule has 2 aliphatic rings. The van der Waals surface area contributed by atoms with Crippen LogP contribution in [0.5, 0.6) is 0 Å². The Morgan fingerprint density at radius 2 is 1.86 bits per heavy atom. The first kappa shape index (κ1) is 29.7. The van der Waals surface area contributed by atoms with Crippen LogP contribution in [0, 0.1) is 12.3 Å². The van der Waals surface area contributed by atoms with Crippen molar-refractivity contribution in [2.75, 3.05) is 36.4 Å². The molecule has 11 heteroatoms. The number of carbonyl (C=O) groups excluding carboxylic acids is 1. The molecule has 2 fully saturated rings. The minimum Gasteiger partial charge on any atom is -0.370 e. The van der Waals surface area contributed by atoms with Crippen LogP contribution in [0.15, 0.2) is 53.4 Å². The highest BCUT2D eigenvalue weighted by atomic mass is 16.5. The predicted octanol–water partition coefficient (Wildman–Crippen LogP) is 5.34. The average molecular weight is 596 g/mol. The molecule has 1 spiro atoms. The molecule has 2 aliphatic heterocycles. The summed E-state index contributed by atoms with van der Waals surface area (Å²) >= 11 is 0. The third-order valence-electron chi connectivity index (χ3n) is 8.86. The number of aromatic nitrogens is 5. The summed E-state index contributed by atoms with van der Waals surface area (Å²) in [4.78, 5) is 33.0. The Morgan fingerprint density at radius 1 is 1.05 bits per heavy atom. The van der Waals surface area contributed by atoms with Gasteiger partial charge < -0.3 is 25.4 Å². The van der Waals surface area contributed by atoms with Crippen LogP contribution in [0.25, 0.3) is 11.3 Å². The van der Waals surface area contributed by atoms with Gasteiger partial charge in [-0.05, 0) is 74.4 Å². The molecular weight excluding hydrogens is 554 g/mol. The van der Waals surface area contributed by atoms with Gasteiger partial charge in [0.2, 0.25) is 0 Å². The minimum atomic E-state index is -0.400. The number of anilines is 3. The van der Waals surface area contributed by atoms with Crippen molar-refractivity contribution in [3.05, 3.63) is 71.8 Å². The molecule has 0 bridgehead atoms. The van der Waals surface area contributed by atoms with Gasteiger partial charge in [-0.1, -0.05) is 38.1 Å². The maximum Gasteiger partial charge on any atom is 0.315 e. The fraction of sp³-hybridized carbons (Fsp3) is 0.455. The zero-order valence-electron chi connectivity index (χ0n) is 26.1. The molecule has 1 aromatic carbocycles. The van der Waals surface area contributed by atoms with Crippen LogP contribution in [0.2, 0.25) is 0 Å². The van der Waals surface area contributed by atoms with E-state index < -0.39 is 5.91 Å². The normalized spacial score (nSPS) is 17.1. The molecule has 0 saturated carbocycles. The van der Waals surface area contributed by atoms with Crippen LogP contribution in [-0.4, -0.2) is 57.2 Å². The summed E-state index contributed by atoms with van der Waals surface area (Å²) in [5.74, 6) is 1.46.